The van der Waals surface area contributed by atoms with E-state index in [0.717, 1.165) is 41.9 Å². The SMILES string of the molecule is COC(=O)c1cn(C2CCCCC2NC(=O)c2sc(-c3ccsc3)nc2C)nn1. The van der Waals surface area contributed by atoms with Crippen LogP contribution in [-0.4, -0.2) is 45.0 Å². The van der Waals surface area contributed by atoms with Crippen LogP contribution in [0.2, 0.25) is 0 Å². The van der Waals surface area contributed by atoms with E-state index in [1.165, 1.54) is 18.4 Å². The second-order valence-corrected chi connectivity index (χ2v) is 8.73. The van der Waals surface area contributed by atoms with Crippen LogP contribution in [0.15, 0.2) is 23.0 Å². The number of aryl methyl sites for hydroxylation is 1. The predicted molar refractivity (Wildman–Crippen MR) is 110 cm³/mol. The van der Waals surface area contributed by atoms with Gasteiger partial charge in [-0.1, -0.05) is 18.1 Å². The normalized spacial score (nSPS) is 19.1. The Balaban J connectivity index is 1.52. The maximum atomic E-state index is 13.0. The van der Waals surface area contributed by atoms with Gasteiger partial charge in [0.1, 0.15) is 9.88 Å². The molecule has 1 fully saturated rings. The lowest BCUT2D eigenvalue weighted by Crippen LogP contribution is -2.43. The summed E-state index contributed by atoms with van der Waals surface area (Å²) in [6.45, 7) is 1.86. The first-order chi connectivity index (χ1) is 14.1. The Morgan fingerprint density at radius 1 is 1.31 bits per heavy atom. The number of nitrogens with one attached hydrogen (secondary N) is 1. The van der Waals surface area contributed by atoms with Gasteiger partial charge in [0.25, 0.3) is 5.91 Å². The monoisotopic (exact) mass is 431 g/mol. The molecule has 8 nitrogen and oxygen atoms in total. The van der Waals surface area contributed by atoms with Crippen molar-refractivity contribution in [3.05, 3.63) is 39.3 Å². The first kappa shape index (κ1) is 19.7. The molecular weight excluding hydrogens is 410 g/mol. The fourth-order valence-electron chi connectivity index (χ4n) is 3.58. The molecule has 1 N–H and O–H groups in total. The zero-order valence-electron chi connectivity index (χ0n) is 16.1. The lowest BCUT2D eigenvalue weighted by Gasteiger charge is -2.31. The molecule has 0 spiro atoms. The minimum Gasteiger partial charge on any atom is -0.464 e. The van der Waals surface area contributed by atoms with Crippen molar-refractivity contribution in [2.75, 3.05) is 7.11 Å². The van der Waals surface area contributed by atoms with Crippen molar-refractivity contribution in [1.29, 1.82) is 0 Å². The third-order valence-corrected chi connectivity index (χ3v) is 6.95. The highest BCUT2D eigenvalue weighted by Crippen LogP contribution is 2.31. The number of methoxy groups -OCH3 is 1. The number of hydrogen-bond donors (Lipinski definition) is 1. The number of ether oxygens (including phenoxy) is 1. The van der Waals surface area contributed by atoms with Gasteiger partial charge in [0.15, 0.2) is 5.69 Å². The summed E-state index contributed by atoms with van der Waals surface area (Å²) >= 11 is 3.02. The van der Waals surface area contributed by atoms with Gasteiger partial charge >= 0.3 is 5.97 Å². The van der Waals surface area contributed by atoms with Crippen molar-refractivity contribution in [3.8, 4) is 10.6 Å². The van der Waals surface area contributed by atoms with Crippen LogP contribution in [0.5, 0.6) is 0 Å². The highest BCUT2D eigenvalue weighted by atomic mass is 32.1. The third kappa shape index (κ3) is 4.08. The van der Waals surface area contributed by atoms with E-state index >= 15 is 0 Å². The van der Waals surface area contributed by atoms with Gasteiger partial charge in [-0.05, 0) is 31.2 Å². The summed E-state index contributed by atoms with van der Waals surface area (Å²) in [5.74, 6) is -0.638. The summed E-state index contributed by atoms with van der Waals surface area (Å²) < 4.78 is 6.38. The molecule has 3 aromatic rings. The van der Waals surface area contributed by atoms with Gasteiger partial charge in [-0.15, -0.1) is 16.4 Å². The molecule has 1 aliphatic carbocycles. The first-order valence-corrected chi connectivity index (χ1v) is 11.1. The Morgan fingerprint density at radius 3 is 2.90 bits per heavy atom. The van der Waals surface area contributed by atoms with Crippen LogP contribution < -0.4 is 5.32 Å². The highest BCUT2D eigenvalue weighted by Gasteiger charge is 2.31. The minimum absolute atomic E-state index is 0.0526. The van der Waals surface area contributed by atoms with E-state index in [4.69, 9.17) is 4.74 Å². The van der Waals surface area contributed by atoms with E-state index in [9.17, 15) is 9.59 Å². The zero-order chi connectivity index (χ0) is 20.4. The number of carbonyl (C=O) groups excluding carboxylic acids is 2. The summed E-state index contributed by atoms with van der Waals surface area (Å²) in [5, 5.41) is 16.0. The van der Waals surface area contributed by atoms with E-state index in [2.05, 4.69) is 20.6 Å². The van der Waals surface area contributed by atoms with Crippen LogP contribution in [0.4, 0.5) is 0 Å². The second-order valence-electron chi connectivity index (χ2n) is 6.95. The van der Waals surface area contributed by atoms with Crippen LogP contribution in [0, 0.1) is 6.92 Å². The van der Waals surface area contributed by atoms with Crippen molar-refractivity contribution < 1.29 is 14.3 Å². The van der Waals surface area contributed by atoms with Crippen molar-refractivity contribution in [2.24, 2.45) is 0 Å². The molecule has 1 amide bonds. The third-order valence-electron chi connectivity index (χ3n) is 5.06. The maximum absolute atomic E-state index is 13.0. The van der Waals surface area contributed by atoms with E-state index in [1.54, 1.807) is 22.2 Å². The average molecular weight is 432 g/mol. The Labute approximate surface area is 175 Å². The van der Waals surface area contributed by atoms with E-state index in [-0.39, 0.29) is 23.7 Å². The summed E-state index contributed by atoms with van der Waals surface area (Å²) in [5.41, 5.74) is 1.94. The number of amides is 1. The maximum Gasteiger partial charge on any atom is 0.360 e. The molecule has 4 rings (SSSR count). The summed E-state index contributed by atoms with van der Waals surface area (Å²) in [4.78, 5) is 29.9. The van der Waals surface area contributed by atoms with E-state index < -0.39 is 5.97 Å². The van der Waals surface area contributed by atoms with Crippen molar-refractivity contribution in [2.45, 2.75) is 44.7 Å². The summed E-state index contributed by atoms with van der Waals surface area (Å²) in [6.07, 6.45) is 5.36. The Hall–Kier alpha value is -2.59. The highest BCUT2D eigenvalue weighted by molar-refractivity contribution is 7.17. The molecule has 0 radical (unpaired) electrons. The molecule has 0 aromatic carbocycles. The lowest BCUT2D eigenvalue weighted by atomic mass is 9.90. The van der Waals surface area contributed by atoms with Crippen LogP contribution in [0.25, 0.3) is 10.6 Å². The van der Waals surface area contributed by atoms with Gasteiger partial charge in [-0.3, -0.25) is 4.79 Å². The van der Waals surface area contributed by atoms with Crippen molar-refractivity contribution >= 4 is 34.6 Å². The Morgan fingerprint density at radius 2 is 2.14 bits per heavy atom. The number of rotatable bonds is 5. The Kier molecular flexibility index (Phi) is 5.72. The summed E-state index contributed by atoms with van der Waals surface area (Å²) in [6, 6.07) is 1.86. The molecule has 0 saturated heterocycles. The molecule has 152 valence electrons. The van der Waals surface area contributed by atoms with Crippen LogP contribution >= 0.6 is 22.7 Å². The van der Waals surface area contributed by atoms with Crippen LogP contribution in [-0.2, 0) is 4.74 Å². The molecule has 0 aliphatic heterocycles. The number of nitrogens with zero attached hydrogens (tertiary/aromatic N) is 4. The number of thiophene rings is 1. The fourth-order valence-corrected chi connectivity index (χ4v) is 5.26. The van der Waals surface area contributed by atoms with Gasteiger partial charge in [0.05, 0.1) is 31.1 Å². The molecule has 10 heteroatoms. The molecule has 2 atom stereocenters. The Bertz CT molecular complexity index is 1010. The lowest BCUT2D eigenvalue weighted by molar-refractivity contribution is 0.0593. The molecule has 1 aliphatic rings. The average Bonchev–Trinajstić information content (AvgIpc) is 3.48. The molecule has 0 bridgehead atoms. The second kappa shape index (κ2) is 8.42. The first-order valence-electron chi connectivity index (χ1n) is 9.38. The van der Waals surface area contributed by atoms with Gasteiger partial charge in [0.2, 0.25) is 0 Å². The fraction of sp³-hybridized carbons (Fsp3) is 0.421. The van der Waals surface area contributed by atoms with Crippen LogP contribution in [0.3, 0.4) is 0 Å². The predicted octanol–water partition coefficient (Wildman–Crippen LogP) is 3.47. The summed E-state index contributed by atoms with van der Waals surface area (Å²) in [7, 11) is 1.31. The van der Waals surface area contributed by atoms with Crippen LogP contribution in [0.1, 0.15) is 57.6 Å². The minimum atomic E-state index is -0.520. The standard InChI is InChI=1S/C19H21N5O3S2/c1-11-16(29-18(20-11)12-7-8-28-10-12)17(25)21-13-5-3-4-6-15(13)24-9-14(22-23-24)19(26)27-2/h7-10,13,15H,3-6H2,1-2H3,(H,21,25). The van der Waals surface area contributed by atoms with Gasteiger partial charge in [-0.2, -0.15) is 11.3 Å². The smallest absolute Gasteiger partial charge is 0.360 e. The van der Waals surface area contributed by atoms with Crippen molar-refractivity contribution in [3.63, 3.8) is 0 Å². The molecule has 1 saturated carbocycles. The largest absolute Gasteiger partial charge is 0.464 e. The molecule has 29 heavy (non-hydrogen) atoms. The van der Waals surface area contributed by atoms with Gasteiger partial charge in [-0.25, -0.2) is 14.5 Å². The molecule has 3 aromatic heterocycles. The quantitative estimate of drug-likeness (QED) is 0.621. The van der Waals surface area contributed by atoms with Crippen molar-refractivity contribution in [1.82, 2.24) is 25.3 Å². The molecule has 2 unspecified atom stereocenters. The number of carbonyl (C=O) groups is 2. The molecule has 3 heterocycles. The number of aromatic nitrogens is 4. The topological polar surface area (TPSA) is 99.0 Å². The number of thiazole rings is 1. The van der Waals surface area contributed by atoms with Gasteiger partial charge in [0, 0.05) is 10.9 Å². The number of hydrogen-bond acceptors (Lipinski definition) is 8. The van der Waals surface area contributed by atoms with E-state index in [1.807, 2.05) is 23.8 Å². The molecular formula is C19H21N5O3S2. The zero-order valence-corrected chi connectivity index (χ0v) is 17.8. The van der Waals surface area contributed by atoms with Gasteiger partial charge < -0.3 is 10.1 Å². The van der Waals surface area contributed by atoms with E-state index in [0.29, 0.717) is 4.88 Å². The number of esters is 1.